The lowest BCUT2D eigenvalue weighted by Crippen LogP contribution is -2.41. The number of hydrogen-bond donors (Lipinski definition) is 1. The highest BCUT2D eigenvalue weighted by atomic mass is 35.5. The number of carbonyl (C=O) groups is 2. The number of imide groups is 1. The van der Waals surface area contributed by atoms with Crippen LogP contribution in [0.4, 0.5) is 4.39 Å². The third kappa shape index (κ3) is 3.70. The third-order valence-electron chi connectivity index (χ3n) is 8.52. The lowest BCUT2D eigenvalue weighted by molar-refractivity contribution is -0.143. The van der Waals surface area contributed by atoms with E-state index >= 15 is 4.39 Å². The van der Waals surface area contributed by atoms with Gasteiger partial charge in [-0.1, -0.05) is 25.4 Å². The average Bonchev–Trinajstić information content (AvgIpc) is 3.21. The SMILES string of the molecule is CC1(C)C2C(=O)N(Cc3cc4nccc(-c5cc(Cl)cc6cn(CC7(F)CCNCC7)nc56)c4s3)C(=O)C21. The first-order valence-electron chi connectivity index (χ1n) is 12.9. The highest BCUT2D eigenvalue weighted by Gasteiger charge is 2.72. The number of alkyl halides is 1. The topological polar surface area (TPSA) is 80.1 Å². The van der Waals surface area contributed by atoms with Crippen LogP contribution in [-0.2, 0) is 22.7 Å². The zero-order valence-corrected chi connectivity index (χ0v) is 22.7. The van der Waals surface area contributed by atoms with Crippen molar-refractivity contribution in [3.8, 4) is 11.1 Å². The number of hydrogen-bond acceptors (Lipinski definition) is 6. The molecule has 1 aliphatic carbocycles. The molecule has 0 bridgehead atoms. The Labute approximate surface area is 228 Å². The van der Waals surface area contributed by atoms with Gasteiger partial charge in [-0.3, -0.25) is 24.2 Å². The fraction of sp³-hybridized carbons (Fsp3) is 0.429. The monoisotopic (exact) mass is 551 g/mol. The van der Waals surface area contributed by atoms with E-state index in [9.17, 15) is 9.59 Å². The molecular formula is C28H27ClFN5O2S. The van der Waals surface area contributed by atoms with Crippen molar-refractivity contribution in [1.29, 1.82) is 0 Å². The predicted molar refractivity (Wildman–Crippen MR) is 146 cm³/mol. The van der Waals surface area contributed by atoms with Crippen molar-refractivity contribution >= 4 is 55.9 Å². The number of piperidine rings is 2. The fourth-order valence-corrected chi connectivity index (χ4v) is 7.71. The van der Waals surface area contributed by atoms with E-state index in [4.69, 9.17) is 16.7 Å². The second kappa shape index (κ2) is 8.31. The number of aromatic nitrogens is 3. The minimum Gasteiger partial charge on any atom is -0.316 e. The first-order chi connectivity index (χ1) is 18.1. The molecule has 5 heterocycles. The quantitative estimate of drug-likeness (QED) is 0.345. The minimum absolute atomic E-state index is 0.0721. The fourth-order valence-electron chi connectivity index (χ4n) is 6.35. The van der Waals surface area contributed by atoms with Crippen molar-refractivity contribution in [1.82, 2.24) is 25.0 Å². The van der Waals surface area contributed by atoms with E-state index in [1.54, 1.807) is 10.9 Å². The minimum atomic E-state index is -1.29. The lowest BCUT2D eigenvalue weighted by Gasteiger charge is -2.29. The van der Waals surface area contributed by atoms with E-state index in [2.05, 4.69) is 10.3 Å². The average molecular weight is 552 g/mol. The second-order valence-electron chi connectivity index (χ2n) is 11.4. The third-order valence-corrected chi connectivity index (χ3v) is 9.88. The van der Waals surface area contributed by atoms with Crippen molar-refractivity contribution in [3.63, 3.8) is 0 Å². The summed E-state index contributed by atoms with van der Waals surface area (Å²) in [4.78, 5) is 32.6. The number of fused-ring (bicyclic) bond motifs is 3. The Hall–Kier alpha value is -2.88. The maximum absolute atomic E-state index is 15.4. The van der Waals surface area contributed by atoms with Gasteiger partial charge in [0.1, 0.15) is 11.2 Å². The Balaban J connectivity index is 1.24. The highest BCUT2D eigenvalue weighted by molar-refractivity contribution is 7.19. The number of benzene rings is 1. The van der Waals surface area contributed by atoms with E-state index in [0.29, 0.717) is 31.0 Å². The summed E-state index contributed by atoms with van der Waals surface area (Å²) in [6.07, 6.45) is 4.53. The van der Waals surface area contributed by atoms with Gasteiger partial charge in [-0.25, -0.2) is 4.39 Å². The van der Waals surface area contributed by atoms with Gasteiger partial charge < -0.3 is 5.32 Å². The van der Waals surface area contributed by atoms with Gasteiger partial charge in [0.25, 0.3) is 0 Å². The number of carbonyl (C=O) groups excluding carboxylic acids is 2. The molecule has 10 heteroatoms. The standard InChI is InChI=1S/C28H27ClFN5O2S/c1-27(2)21-22(27)26(37)35(25(21)36)13-17-11-20-24(38-17)18(3-6-32-20)19-10-16(29)9-15-12-34(33-23(15)19)14-28(30)4-7-31-8-5-28/h3,6,9-12,21-22,31H,4-5,7-8,13-14H2,1-2H3. The molecule has 3 fully saturated rings. The summed E-state index contributed by atoms with van der Waals surface area (Å²) in [6, 6.07) is 7.62. The lowest BCUT2D eigenvalue weighted by atomic mass is 9.94. The summed E-state index contributed by atoms with van der Waals surface area (Å²) < 4.78 is 18.0. The maximum atomic E-state index is 15.4. The van der Waals surface area contributed by atoms with Crippen LogP contribution in [0, 0.1) is 17.3 Å². The van der Waals surface area contributed by atoms with Crippen LogP contribution in [-0.4, -0.2) is 50.2 Å². The number of rotatable bonds is 5. The van der Waals surface area contributed by atoms with Crippen LogP contribution in [0.2, 0.25) is 5.02 Å². The van der Waals surface area contributed by atoms with Crippen LogP contribution in [0.3, 0.4) is 0 Å². The molecule has 7 rings (SSSR count). The zero-order valence-electron chi connectivity index (χ0n) is 21.1. The molecule has 38 heavy (non-hydrogen) atoms. The zero-order chi connectivity index (χ0) is 26.4. The largest absolute Gasteiger partial charge is 0.316 e. The smallest absolute Gasteiger partial charge is 0.234 e. The molecule has 3 aliphatic rings. The van der Waals surface area contributed by atoms with Gasteiger partial charge in [-0.15, -0.1) is 11.3 Å². The van der Waals surface area contributed by atoms with Gasteiger partial charge in [0.2, 0.25) is 11.8 Å². The Morgan fingerprint density at radius 1 is 1.13 bits per heavy atom. The number of pyridine rings is 1. The molecular weight excluding hydrogens is 525 g/mol. The van der Waals surface area contributed by atoms with E-state index in [1.807, 2.05) is 44.3 Å². The number of nitrogens with zero attached hydrogens (tertiary/aromatic N) is 4. The van der Waals surface area contributed by atoms with Crippen LogP contribution in [0.15, 0.2) is 36.7 Å². The van der Waals surface area contributed by atoms with Crippen molar-refractivity contribution in [3.05, 3.63) is 46.6 Å². The molecule has 3 aromatic heterocycles. The van der Waals surface area contributed by atoms with Crippen molar-refractivity contribution in [2.45, 2.75) is 45.4 Å². The van der Waals surface area contributed by atoms with E-state index < -0.39 is 5.67 Å². The van der Waals surface area contributed by atoms with Crippen molar-refractivity contribution < 1.29 is 14.0 Å². The molecule has 4 aromatic rings. The van der Waals surface area contributed by atoms with Crippen LogP contribution >= 0.6 is 22.9 Å². The van der Waals surface area contributed by atoms with Crippen LogP contribution in [0.5, 0.6) is 0 Å². The summed E-state index contributed by atoms with van der Waals surface area (Å²) in [5.74, 6) is -0.531. The van der Waals surface area contributed by atoms with Gasteiger partial charge in [-0.2, -0.15) is 5.10 Å². The van der Waals surface area contributed by atoms with Gasteiger partial charge in [0, 0.05) is 38.8 Å². The van der Waals surface area contributed by atoms with Gasteiger partial charge in [-0.05, 0) is 55.6 Å². The summed E-state index contributed by atoms with van der Waals surface area (Å²) >= 11 is 8.05. The number of likely N-dealkylation sites (tertiary alicyclic amines) is 1. The molecule has 2 amide bonds. The molecule has 0 radical (unpaired) electrons. The van der Waals surface area contributed by atoms with Crippen LogP contribution in [0.25, 0.3) is 32.2 Å². The summed E-state index contributed by atoms with van der Waals surface area (Å²) in [5.41, 5.74) is 1.80. The number of nitrogens with one attached hydrogen (secondary N) is 1. The molecule has 1 N–H and O–H groups in total. The summed E-state index contributed by atoms with van der Waals surface area (Å²) in [6.45, 7) is 5.76. The molecule has 1 aromatic carbocycles. The Bertz CT molecular complexity index is 1610. The molecule has 1 saturated carbocycles. The van der Waals surface area contributed by atoms with Gasteiger partial charge in [0.05, 0.1) is 35.1 Å². The highest BCUT2D eigenvalue weighted by Crippen LogP contribution is 2.63. The van der Waals surface area contributed by atoms with Gasteiger partial charge in [0.15, 0.2) is 0 Å². The van der Waals surface area contributed by atoms with Crippen LogP contribution < -0.4 is 5.32 Å². The first kappa shape index (κ1) is 24.2. The predicted octanol–water partition coefficient (Wildman–Crippen LogP) is 5.20. The molecule has 196 valence electrons. The normalized spacial score (nSPS) is 23.9. The van der Waals surface area contributed by atoms with Crippen LogP contribution in [0.1, 0.15) is 31.6 Å². The Morgan fingerprint density at radius 2 is 1.87 bits per heavy atom. The van der Waals surface area contributed by atoms with E-state index in [1.165, 1.54) is 16.2 Å². The number of thiophene rings is 1. The molecule has 2 unspecified atom stereocenters. The molecule has 0 spiro atoms. The molecule has 2 atom stereocenters. The number of halogens is 2. The summed E-state index contributed by atoms with van der Waals surface area (Å²) in [5, 5.41) is 9.43. The molecule has 2 saturated heterocycles. The number of amides is 2. The summed E-state index contributed by atoms with van der Waals surface area (Å²) in [7, 11) is 0. The van der Waals surface area contributed by atoms with E-state index in [-0.39, 0.29) is 42.2 Å². The van der Waals surface area contributed by atoms with Gasteiger partial charge >= 0.3 is 0 Å². The molecule has 2 aliphatic heterocycles. The Morgan fingerprint density at radius 3 is 2.61 bits per heavy atom. The van der Waals surface area contributed by atoms with Crippen molar-refractivity contribution in [2.24, 2.45) is 17.3 Å². The maximum Gasteiger partial charge on any atom is 0.234 e. The Kier molecular flexibility index (Phi) is 5.29. The second-order valence-corrected chi connectivity index (χ2v) is 13.0. The first-order valence-corrected chi connectivity index (χ1v) is 14.1. The van der Waals surface area contributed by atoms with Crippen molar-refractivity contribution in [2.75, 3.05) is 13.1 Å². The molecule has 7 nitrogen and oxygen atoms in total. The van der Waals surface area contributed by atoms with E-state index in [0.717, 1.165) is 37.1 Å².